The van der Waals surface area contributed by atoms with Gasteiger partial charge in [0.05, 0.1) is 12.7 Å². The molecule has 1 rings (SSSR count). The predicted octanol–water partition coefficient (Wildman–Crippen LogP) is 3.18. The zero-order valence-corrected chi connectivity index (χ0v) is 10.9. The second-order valence-electron chi connectivity index (χ2n) is 4.20. The molecule has 1 N–H and O–H groups in total. The van der Waals surface area contributed by atoms with E-state index < -0.39 is 5.51 Å². The van der Waals surface area contributed by atoms with Crippen LogP contribution in [0, 0.1) is 0 Å². The number of rotatable bonds is 6. The first kappa shape index (κ1) is 15.1. The van der Waals surface area contributed by atoms with E-state index in [0.29, 0.717) is 6.04 Å². The van der Waals surface area contributed by atoms with Crippen molar-refractivity contribution in [1.29, 1.82) is 0 Å². The average Bonchev–Trinajstić information content (AvgIpc) is 2.26. The van der Waals surface area contributed by atoms with Gasteiger partial charge < -0.3 is 10.1 Å². The zero-order valence-electron chi connectivity index (χ0n) is 10.1. The van der Waals surface area contributed by atoms with E-state index in [2.05, 4.69) is 12.2 Å². The molecule has 1 saturated carbocycles. The summed E-state index contributed by atoms with van der Waals surface area (Å²) < 4.78 is 41.0. The number of hydrogen-bond donors (Lipinski definition) is 1. The van der Waals surface area contributed by atoms with E-state index in [4.69, 9.17) is 4.74 Å². The number of nitrogens with one attached hydrogen (secondary N) is 1. The molecule has 0 aromatic heterocycles. The smallest absolute Gasteiger partial charge is 0.377 e. The molecule has 0 aromatic rings. The van der Waals surface area contributed by atoms with E-state index in [0.717, 1.165) is 32.2 Å². The molecular formula is C11H20F3NOS. The third-order valence-corrected chi connectivity index (χ3v) is 3.57. The van der Waals surface area contributed by atoms with Crippen molar-refractivity contribution in [2.24, 2.45) is 0 Å². The second kappa shape index (κ2) is 7.48. The van der Waals surface area contributed by atoms with Gasteiger partial charge in [0.2, 0.25) is 0 Å². The first-order valence-electron chi connectivity index (χ1n) is 6.07. The van der Waals surface area contributed by atoms with Gasteiger partial charge in [0.15, 0.2) is 0 Å². The van der Waals surface area contributed by atoms with Crippen molar-refractivity contribution in [3.05, 3.63) is 0 Å². The summed E-state index contributed by atoms with van der Waals surface area (Å²) in [5.41, 5.74) is -4.13. The molecule has 0 radical (unpaired) electrons. The van der Waals surface area contributed by atoms with Gasteiger partial charge in [-0.3, -0.25) is 0 Å². The fraction of sp³-hybridized carbons (Fsp3) is 1.00. The second-order valence-corrected chi connectivity index (χ2v) is 5.36. The first-order chi connectivity index (χ1) is 8.01. The molecule has 0 heterocycles. The third kappa shape index (κ3) is 7.16. The Morgan fingerprint density at radius 3 is 2.41 bits per heavy atom. The predicted molar refractivity (Wildman–Crippen MR) is 64.2 cm³/mol. The highest BCUT2D eigenvalue weighted by atomic mass is 32.2. The normalized spacial score (nSPS) is 26.1. The van der Waals surface area contributed by atoms with Crippen LogP contribution in [0.3, 0.4) is 0 Å². The van der Waals surface area contributed by atoms with E-state index in [1.807, 2.05) is 0 Å². The summed E-state index contributed by atoms with van der Waals surface area (Å²) in [4.78, 5) is 0. The van der Waals surface area contributed by atoms with Crippen molar-refractivity contribution in [2.75, 3.05) is 18.9 Å². The average molecular weight is 271 g/mol. The Hall–Kier alpha value is 0.0600. The van der Waals surface area contributed by atoms with Crippen molar-refractivity contribution in [3.63, 3.8) is 0 Å². The number of ether oxygens (including phenoxy) is 1. The Balaban J connectivity index is 2.02. The van der Waals surface area contributed by atoms with Gasteiger partial charge in [0.1, 0.15) is 0 Å². The van der Waals surface area contributed by atoms with Crippen LogP contribution in [0.2, 0.25) is 0 Å². The number of thioether (sulfide) groups is 1. The summed E-state index contributed by atoms with van der Waals surface area (Å²) in [6.07, 6.45) is 4.18. The van der Waals surface area contributed by atoms with Crippen molar-refractivity contribution in [3.8, 4) is 0 Å². The van der Waals surface area contributed by atoms with Crippen LogP contribution >= 0.6 is 11.8 Å². The van der Waals surface area contributed by atoms with Crippen molar-refractivity contribution < 1.29 is 17.9 Å². The Labute approximate surface area is 105 Å². The van der Waals surface area contributed by atoms with Crippen molar-refractivity contribution >= 4 is 11.8 Å². The standard InChI is InChI=1S/C11H20F3NOS/c1-2-15-9-3-5-10(6-4-9)16-7-8-17-11(12,13)14/h9-10,15H,2-8H2,1H3. The van der Waals surface area contributed by atoms with Gasteiger partial charge >= 0.3 is 5.51 Å². The number of hydrogen-bond acceptors (Lipinski definition) is 3. The zero-order chi connectivity index (χ0) is 12.7. The summed E-state index contributed by atoms with van der Waals surface area (Å²) in [5, 5.41) is 3.38. The van der Waals surface area contributed by atoms with Gasteiger partial charge in [-0.2, -0.15) is 13.2 Å². The molecule has 6 heteroatoms. The maximum Gasteiger partial charge on any atom is 0.441 e. The Bertz CT molecular complexity index is 205. The largest absolute Gasteiger partial charge is 0.441 e. The van der Waals surface area contributed by atoms with Gasteiger partial charge in [-0.25, -0.2) is 0 Å². The molecule has 102 valence electrons. The molecule has 1 aliphatic carbocycles. The molecule has 0 atom stereocenters. The fourth-order valence-corrected chi connectivity index (χ4v) is 2.51. The lowest BCUT2D eigenvalue weighted by Gasteiger charge is -2.29. The fourth-order valence-electron chi connectivity index (χ4n) is 2.09. The van der Waals surface area contributed by atoms with E-state index in [-0.39, 0.29) is 30.2 Å². The number of halogens is 3. The lowest BCUT2D eigenvalue weighted by Crippen LogP contribution is -2.35. The van der Waals surface area contributed by atoms with E-state index in [9.17, 15) is 13.2 Å². The maximum absolute atomic E-state index is 11.9. The van der Waals surface area contributed by atoms with Gasteiger partial charge in [-0.05, 0) is 44.0 Å². The molecular weight excluding hydrogens is 251 g/mol. The molecule has 17 heavy (non-hydrogen) atoms. The highest BCUT2D eigenvalue weighted by molar-refractivity contribution is 8.00. The molecule has 1 aliphatic rings. The molecule has 0 amide bonds. The first-order valence-corrected chi connectivity index (χ1v) is 7.05. The van der Waals surface area contributed by atoms with Crippen molar-refractivity contribution in [1.82, 2.24) is 5.32 Å². The molecule has 0 spiro atoms. The van der Waals surface area contributed by atoms with E-state index >= 15 is 0 Å². The monoisotopic (exact) mass is 271 g/mol. The lowest BCUT2D eigenvalue weighted by atomic mass is 9.93. The van der Waals surface area contributed by atoms with Gasteiger partial charge in [0, 0.05) is 11.8 Å². The van der Waals surface area contributed by atoms with Crippen LogP contribution < -0.4 is 5.32 Å². The SMILES string of the molecule is CCNC1CCC(OCCSC(F)(F)F)CC1. The van der Waals surface area contributed by atoms with E-state index in [1.54, 1.807) is 0 Å². The van der Waals surface area contributed by atoms with Crippen LogP contribution in [0.5, 0.6) is 0 Å². The summed E-state index contributed by atoms with van der Waals surface area (Å²) in [5.74, 6) is -0.00333. The highest BCUT2D eigenvalue weighted by Crippen LogP contribution is 2.30. The summed E-state index contributed by atoms with van der Waals surface area (Å²) in [6, 6.07) is 0.560. The third-order valence-electron chi connectivity index (χ3n) is 2.87. The van der Waals surface area contributed by atoms with Crippen LogP contribution in [0.1, 0.15) is 32.6 Å². The minimum absolute atomic E-state index is 0.00333. The highest BCUT2D eigenvalue weighted by Gasteiger charge is 2.28. The Morgan fingerprint density at radius 1 is 1.24 bits per heavy atom. The van der Waals surface area contributed by atoms with E-state index in [1.165, 1.54) is 0 Å². The Morgan fingerprint density at radius 2 is 1.88 bits per heavy atom. The van der Waals surface area contributed by atoms with Gasteiger partial charge in [-0.1, -0.05) is 6.92 Å². The number of alkyl halides is 3. The van der Waals surface area contributed by atoms with Crippen LogP contribution in [-0.4, -0.2) is 36.6 Å². The topological polar surface area (TPSA) is 21.3 Å². The molecule has 2 nitrogen and oxygen atoms in total. The van der Waals surface area contributed by atoms with Gasteiger partial charge in [0.25, 0.3) is 0 Å². The van der Waals surface area contributed by atoms with Crippen LogP contribution in [-0.2, 0) is 4.74 Å². The molecule has 0 unspecified atom stereocenters. The molecule has 0 aromatic carbocycles. The molecule has 0 bridgehead atoms. The molecule has 0 saturated heterocycles. The Kier molecular flexibility index (Phi) is 6.66. The van der Waals surface area contributed by atoms with Crippen molar-refractivity contribution in [2.45, 2.75) is 50.3 Å². The summed E-state index contributed by atoms with van der Waals surface area (Å²) in [7, 11) is 0. The van der Waals surface area contributed by atoms with Crippen LogP contribution in [0.15, 0.2) is 0 Å². The minimum Gasteiger partial charge on any atom is -0.377 e. The van der Waals surface area contributed by atoms with Crippen LogP contribution in [0.25, 0.3) is 0 Å². The summed E-state index contributed by atoms with van der Waals surface area (Å²) >= 11 is -0.00652. The molecule has 1 fully saturated rings. The molecule has 0 aliphatic heterocycles. The quantitative estimate of drug-likeness (QED) is 0.750. The maximum atomic E-state index is 11.9. The van der Waals surface area contributed by atoms with Crippen LogP contribution in [0.4, 0.5) is 13.2 Å². The van der Waals surface area contributed by atoms with Gasteiger partial charge in [-0.15, -0.1) is 0 Å². The lowest BCUT2D eigenvalue weighted by molar-refractivity contribution is -0.0337. The summed E-state index contributed by atoms with van der Waals surface area (Å²) in [6.45, 7) is 3.25. The minimum atomic E-state index is -4.13.